The summed E-state index contributed by atoms with van der Waals surface area (Å²) in [5, 5.41) is 0. The molecule has 0 saturated heterocycles. The minimum atomic E-state index is -0.301. The Morgan fingerprint density at radius 2 is 1.18 bits per heavy atom. The molecule has 0 amide bonds. The average molecular weight is 353 g/mol. The largest absolute Gasteiger partial charge is 0.360 e. The maximum atomic E-state index is 5.72. The van der Waals surface area contributed by atoms with Gasteiger partial charge in [-0.15, -0.1) is 0 Å². The van der Waals surface area contributed by atoms with E-state index in [2.05, 4.69) is 4.90 Å². The molecule has 0 unspecified atom stereocenters. The zero-order valence-corrected chi connectivity index (χ0v) is 17.7. The van der Waals surface area contributed by atoms with Crippen LogP contribution in [0.25, 0.3) is 0 Å². The monoisotopic (exact) mass is 352 g/mol. The second kappa shape index (κ2) is 16.1. The van der Waals surface area contributed by atoms with E-state index in [4.69, 9.17) is 24.7 Å². The number of methoxy groups -OCH3 is 4. The van der Waals surface area contributed by atoms with Crippen molar-refractivity contribution in [1.29, 1.82) is 0 Å². The zero-order valence-electron chi connectivity index (χ0n) is 14.9. The molecule has 0 saturated carbocycles. The lowest BCUT2D eigenvalue weighted by Crippen LogP contribution is -2.32. The van der Waals surface area contributed by atoms with Gasteiger partial charge < -0.3 is 29.6 Å². The van der Waals surface area contributed by atoms with Crippen LogP contribution in [0.2, 0.25) is 12.1 Å². The van der Waals surface area contributed by atoms with E-state index >= 15 is 0 Å². The third kappa shape index (κ3) is 11.7. The molecule has 22 heavy (non-hydrogen) atoms. The van der Waals surface area contributed by atoms with Gasteiger partial charge in [-0.05, 0) is 25.9 Å². The van der Waals surface area contributed by atoms with Crippen LogP contribution in [0.4, 0.5) is 0 Å². The quantitative estimate of drug-likeness (QED) is 0.226. The normalized spacial score (nSPS) is 13.1. The lowest BCUT2D eigenvalue weighted by Gasteiger charge is -2.22. The van der Waals surface area contributed by atoms with E-state index in [1.807, 2.05) is 0 Å². The molecule has 6 nitrogen and oxygen atoms in total. The Bertz CT molecular complexity index is 213. The van der Waals surface area contributed by atoms with E-state index in [1.165, 1.54) is 24.9 Å². The van der Waals surface area contributed by atoms with Gasteiger partial charge in [0, 0.05) is 41.5 Å². The molecular formula is C14H36N2O4Si2. The molecule has 134 valence electrons. The molecule has 8 heteroatoms. The first kappa shape index (κ1) is 22.2. The topological polar surface area (TPSA) is 66.2 Å². The van der Waals surface area contributed by atoms with Gasteiger partial charge in [-0.1, -0.05) is 12.1 Å². The highest BCUT2D eigenvalue weighted by atomic mass is 28.2. The first-order valence-corrected chi connectivity index (χ1v) is 11.9. The van der Waals surface area contributed by atoms with Crippen LogP contribution in [0.3, 0.4) is 0 Å². The number of ether oxygens (including phenoxy) is 4. The van der Waals surface area contributed by atoms with Crippen LogP contribution in [0.1, 0.15) is 12.8 Å². The molecule has 0 aliphatic rings. The molecule has 0 aromatic rings. The predicted molar refractivity (Wildman–Crippen MR) is 97.0 cm³/mol. The third-order valence-electron chi connectivity index (χ3n) is 3.83. The smallest absolute Gasteiger partial charge is 0.134 e. The first-order chi connectivity index (χ1) is 10.7. The van der Waals surface area contributed by atoms with Crippen LogP contribution < -0.4 is 5.73 Å². The van der Waals surface area contributed by atoms with Crippen molar-refractivity contribution in [1.82, 2.24) is 4.90 Å². The first-order valence-electron chi connectivity index (χ1n) is 8.25. The molecule has 0 aliphatic heterocycles. The summed E-state index contributed by atoms with van der Waals surface area (Å²) in [6.45, 7) is 3.97. The van der Waals surface area contributed by atoms with E-state index in [0.29, 0.717) is 0 Å². The molecule has 0 bridgehead atoms. The molecule has 0 heterocycles. The Hall–Kier alpha value is 0.194. The van der Waals surface area contributed by atoms with Gasteiger partial charge in [0.1, 0.15) is 11.8 Å². The Balaban J connectivity index is 3.76. The third-order valence-corrected chi connectivity index (χ3v) is 7.92. The summed E-state index contributed by atoms with van der Waals surface area (Å²) in [6.07, 6.45) is 2.43. The molecule has 0 fully saturated rings. The van der Waals surface area contributed by atoms with Crippen molar-refractivity contribution in [2.45, 2.75) is 36.8 Å². The van der Waals surface area contributed by atoms with Gasteiger partial charge in [0.25, 0.3) is 0 Å². The van der Waals surface area contributed by atoms with Crippen molar-refractivity contribution in [2.24, 2.45) is 5.73 Å². The highest BCUT2D eigenvalue weighted by molar-refractivity contribution is 6.36. The van der Waals surface area contributed by atoms with E-state index < -0.39 is 0 Å². The van der Waals surface area contributed by atoms with Gasteiger partial charge in [-0.2, -0.15) is 0 Å². The molecule has 0 spiro atoms. The summed E-state index contributed by atoms with van der Waals surface area (Å²) in [4.78, 5) is 2.48. The fourth-order valence-corrected chi connectivity index (χ4v) is 5.11. The molecule has 0 rings (SSSR count). The minimum absolute atomic E-state index is 0.0639. The standard InChI is InChI=1S/C14H36N2O4Si2/c1-17-13(18-2)21-11-5-8-16(10-7-15)9-6-12-22-14(19-3)20-4/h13-14H,5-12,15,21-22H2,1-4H3. The summed E-state index contributed by atoms with van der Waals surface area (Å²) < 4.78 is 21.1. The summed E-state index contributed by atoms with van der Waals surface area (Å²) in [5.74, 6) is 0.128. The van der Waals surface area contributed by atoms with Gasteiger partial charge >= 0.3 is 0 Å². The van der Waals surface area contributed by atoms with Gasteiger partial charge in [-0.3, -0.25) is 0 Å². The second-order valence-electron chi connectivity index (χ2n) is 5.42. The molecule has 2 N–H and O–H groups in total. The predicted octanol–water partition coefficient (Wildman–Crippen LogP) is -0.646. The Morgan fingerprint density at radius 3 is 1.50 bits per heavy atom. The molecule has 0 radical (unpaired) electrons. The maximum absolute atomic E-state index is 5.72. The Labute approximate surface area is 140 Å². The van der Waals surface area contributed by atoms with E-state index in [9.17, 15) is 0 Å². The highest BCUT2D eigenvalue weighted by Gasteiger charge is 2.09. The summed E-state index contributed by atoms with van der Waals surface area (Å²) in [5.41, 5.74) is 5.72. The van der Waals surface area contributed by atoms with Crippen LogP contribution in [-0.4, -0.2) is 90.4 Å². The van der Waals surface area contributed by atoms with Gasteiger partial charge in [0.2, 0.25) is 0 Å². The van der Waals surface area contributed by atoms with Crippen molar-refractivity contribution in [3.63, 3.8) is 0 Å². The fourth-order valence-electron chi connectivity index (χ4n) is 2.47. The fraction of sp³-hybridized carbons (Fsp3) is 1.00. The van der Waals surface area contributed by atoms with Crippen molar-refractivity contribution >= 4 is 19.0 Å². The van der Waals surface area contributed by atoms with Crippen LogP contribution >= 0.6 is 0 Å². The number of nitrogens with zero attached hydrogens (tertiary/aromatic N) is 1. The average Bonchev–Trinajstić information content (AvgIpc) is 2.55. The summed E-state index contributed by atoms with van der Waals surface area (Å²) in [7, 11) is 6.28. The summed E-state index contributed by atoms with van der Waals surface area (Å²) >= 11 is 0. The molecule has 0 aliphatic carbocycles. The Kier molecular flexibility index (Phi) is 16.2. The Morgan fingerprint density at radius 1 is 0.773 bits per heavy atom. The van der Waals surface area contributed by atoms with Crippen LogP contribution in [-0.2, 0) is 18.9 Å². The summed E-state index contributed by atoms with van der Waals surface area (Å²) in [6, 6.07) is 2.50. The number of hydrogen-bond acceptors (Lipinski definition) is 6. The second-order valence-corrected chi connectivity index (χ2v) is 9.33. The van der Waals surface area contributed by atoms with Gasteiger partial charge in [0.05, 0.1) is 19.0 Å². The van der Waals surface area contributed by atoms with E-state index in [1.54, 1.807) is 28.4 Å². The lowest BCUT2D eigenvalue weighted by atomic mass is 10.3. The number of nitrogens with two attached hydrogens (primary N) is 1. The highest BCUT2D eigenvalue weighted by Crippen LogP contribution is 2.03. The van der Waals surface area contributed by atoms with Gasteiger partial charge in [-0.25, -0.2) is 0 Å². The van der Waals surface area contributed by atoms with Gasteiger partial charge in [0.15, 0.2) is 0 Å². The van der Waals surface area contributed by atoms with E-state index in [-0.39, 0.29) is 30.9 Å². The van der Waals surface area contributed by atoms with Crippen molar-refractivity contribution in [3.8, 4) is 0 Å². The zero-order chi connectivity index (χ0) is 16.6. The molecule has 0 aromatic carbocycles. The van der Waals surface area contributed by atoms with Crippen molar-refractivity contribution in [3.05, 3.63) is 0 Å². The SMILES string of the molecule is COC(OC)[SiH2]CCCN(CCN)CCC[SiH2]C(OC)OC. The molecule has 0 aromatic heterocycles. The molecule has 0 atom stereocenters. The van der Waals surface area contributed by atoms with Crippen molar-refractivity contribution < 1.29 is 18.9 Å². The van der Waals surface area contributed by atoms with Crippen LogP contribution in [0.15, 0.2) is 0 Å². The lowest BCUT2D eigenvalue weighted by molar-refractivity contribution is -0.0442. The van der Waals surface area contributed by atoms with E-state index in [0.717, 1.165) is 26.2 Å². The van der Waals surface area contributed by atoms with Crippen LogP contribution in [0.5, 0.6) is 0 Å². The number of hydrogen-bond donors (Lipinski definition) is 1. The molecular weight excluding hydrogens is 316 g/mol. The number of rotatable bonds is 16. The minimum Gasteiger partial charge on any atom is -0.360 e. The van der Waals surface area contributed by atoms with Crippen molar-refractivity contribution in [2.75, 3.05) is 54.6 Å². The maximum Gasteiger partial charge on any atom is 0.134 e. The van der Waals surface area contributed by atoms with Crippen LogP contribution in [0, 0.1) is 0 Å².